The molecule has 2 N–H and O–H groups in total. The van der Waals surface area contributed by atoms with E-state index in [0.29, 0.717) is 25.5 Å². The van der Waals surface area contributed by atoms with E-state index in [1.807, 2.05) is 35.4 Å². The average Bonchev–Trinajstić information content (AvgIpc) is 2.94. The number of likely N-dealkylation sites (tertiary alicyclic amines) is 1. The number of fused-ring (bicyclic) bond motifs is 1. The van der Waals surface area contributed by atoms with E-state index in [1.165, 1.54) is 0 Å². The SMILES string of the molecule is O=C(Cc1c[nH]c2ccccc12)N1CC(Nc2ncccn2)C1. The largest absolute Gasteiger partial charge is 0.361 e. The molecular formula is C17H17N5O. The second-order valence-electron chi connectivity index (χ2n) is 5.75. The van der Waals surface area contributed by atoms with E-state index in [9.17, 15) is 4.79 Å². The molecule has 0 spiro atoms. The van der Waals surface area contributed by atoms with Crippen LogP contribution in [0.5, 0.6) is 0 Å². The Balaban J connectivity index is 1.35. The van der Waals surface area contributed by atoms with Crippen LogP contribution in [0, 0.1) is 0 Å². The first kappa shape index (κ1) is 13.8. The standard InChI is InChI=1S/C17H17N5O/c23-16(8-12-9-20-15-5-2-1-4-14(12)15)22-10-13(11-22)21-17-18-6-3-7-19-17/h1-7,9,13,20H,8,10-11H2,(H,18,19,21). The van der Waals surface area contributed by atoms with Gasteiger partial charge < -0.3 is 15.2 Å². The minimum Gasteiger partial charge on any atom is -0.361 e. The molecule has 1 aromatic carbocycles. The number of amides is 1. The Bertz CT molecular complexity index is 823. The highest BCUT2D eigenvalue weighted by molar-refractivity contribution is 5.89. The van der Waals surface area contributed by atoms with E-state index in [2.05, 4.69) is 20.3 Å². The summed E-state index contributed by atoms with van der Waals surface area (Å²) < 4.78 is 0. The third-order valence-corrected chi connectivity index (χ3v) is 4.15. The zero-order valence-corrected chi connectivity index (χ0v) is 12.6. The summed E-state index contributed by atoms with van der Waals surface area (Å²) in [5.41, 5.74) is 2.12. The fraction of sp³-hybridized carbons (Fsp3) is 0.235. The van der Waals surface area contributed by atoms with Crippen LogP contribution in [0.4, 0.5) is 5.95 Å². The van der Waals surface area contributed by atoms with Gasteiger partial charge in [0.25, 0.3) is 0 Å². The lowest BCUT2D eigenvalue weighted by atomic mass is 10.1. The molecule has 0 aliphatic carbocycles. The van der Waals surface area contributed by atoms with E-state index in [0.717, 1.165) is 16.5 Å². The molecule has 6 nitrogen and oxygen atoms in total. The molecule has 0 atom stereocenters. The van der Waals surface area contributed by atoms with Gasteiger partial charge in [0.05, 0.1) is 12.5 Å². The van der Waals surface area contributed by atoms with E-state index in [4.69, 9.17) is 0 Å². The van der Waals surface area contributed by atoms with Crippen LogP contribution in [0.3, 0.4) is 0 Å². The van der Waals surface area contributed by atoms with Gasteiger partial charge in [0, 0.05) is 42.6 Å². The molecule has 0 unspecified atom stereocenters. The van der Waals surface area contributed by atoms with Crippen LogP contribution in [0.25, 0.3) is 10.9 Å². The molecule has 3 aromatic rings. The van der Waals surface area contributed by atoms with Gasteiger partial charge in [-0.1, -0.05) is 18.2 Å². The Labute approximate surface area is 133 Å². The highest BCUT2D eigenvalue weighted by atomic mass is 16.2. The van der Waals surface area contributed by atoms with Gasteiger partial charge in [0.15, 0.2) is 0 Å². The van der Waals surface area contributed by atoms with Crippen molar-refractivity contribution in [3.8, 4) is 0 Å². The van der Waals surface area contributed by atoms with E-state index < -0.39 is 0 Å². The van der Waals surface area contributed by atoms with Gasteiger partial charge in [0.1, 0.15) is 0 Å². The molecule has 0 radical (unpaired) electrons. The average molecular weight is 307 g/mol. The van der Waals surface area contributed by atoms with Crippen LogP contribution in [0.1, 0.15) is 5.56 Å². The monoisotopic (exact) mass is 307 g/mol. The highest BCUT2D eigenvalue weighted by Gasteiger charge is 2.31. The number of benzene rings is 1. The molecule has 1 aliphatic heterocycles. The minimum atomic E-state index is 0.154. The molecule has 4 rings (SSSR count). The number of hydrogen-bond acceptors (Lipinski definition) is 4. The number of anilines is 1. The summed E-state index contributed by atoms with van der Waals surface area (Å²) in [6.07, 6.45) is 5.76. The van der Waals surface area contributed by atoms with Gasteiger partial charge in [-0.05, 0) is 17.7 Å². The van der Waals surface area contributed by atoms with Crippen molar-refractivity contribution < 1.29 is 4.79 Å². The number of rotatable bonds is 4. The molecule has 0 saturated carbocycles. The maximum absolute atomic E-state index is 12.4. The summed E-state index contributed by atoms with van der Waals surface area (Å²) in [7, 11) is 0. The Kier molecular flexibility index (Phi) is 3.42. The number of carbonyl (C=O) groups excluding carboxylic acids is 1. The Hall–Kier alpha value is -2.89. The summed E-state index contributed by atoms with van der Waals surface area (Å²) in [5, 5.41) is 4.35. The zero-order valence-electron chi connectivity index (χ0n) is 12.6. The van der Waals surface area contributed by atoms with Crippen molar-refractivity contribution in [1.29, 1.82) is 0 Å². The Morgan fingerprint density at radius 1 is 1.22 bits per heavy atom. The predicted molar refractivity (Wildman–Crippen MR) is 88.0 cm³/mol. The molecule has 116 valence electrons. The van der Waals surface area contributed by atoms with Crippen molar-refractivity contribution >= 4 is 22.8 Å². The molecule has 6 heteroatoms. The van der Waals surface area contributed by atoms with Crippen LogP contribution < -0.4 is 5.32 Å². The Morgan fingerprint density at radius 2 is 2.00 bits per heavy atom. The third kappa shape index (κ3) is 2.75. The highest BCUT2D eigenvalue weighted by Crippen LogP contribution is 2.20. The van der Waals surface area contributed by atoms with Crippen molar-refractivity contribution in [2.75, 3.05) is 18.4 Å². The molecule has 1 amide bonds. The molecular weight excluding hydrogens is 290 g/mol. The number of hydrogen-bond donors (Lipinski definition) is 2. The number of carbonyl (C=O) groups is 1. The number of para-hydroxylation sites is 1. The minimum absolute atomic E-state index is 0.154. The summed E-state index contributed by atoms with van der Waals surface area (Å²) in [6.45, 7) is 1.39. The van der Waals surface area contributed by atoms with Crippen molar-refractivity contribution in [2.24, 2.45) is 0 Å². The van der Waals surface area contributed by atoms with Crippen molar-refractivity contribution in [3.05, 3.63) is 54.5 Å². The first-order valence-corrected chi connectivity index (χ1v) is 7.66. The molecule has 1 saturated heterocycles. The summed E-state index contributed by atoms with van der Waals surface area (Å²) in [4.78, 5) is 25.7. The number of nitrogens with zero attached hydrogens (tertiary/aromatic N) is 3. The molecule has 1 aliphatic rings. The molecule has 2 aromatic heterocycles. The lowest BCUT2D eigenvalue weighted by molar-refractivity contribution is -0.134. The molecule has 0 bridgehead atoms. The van der Waals surface area contributed by atoms with E-state index in [1.54, 1.807) is 18.5 Å². The lowest BCUT2D eigenvalue weighted by Gasteiger charge is -2.39. The molecule has 1 fully saturated rings. The summed E-state index contributed by atoms with van der Waals surface area (Å²) >= 11 is 0. The third-order valence-electron chi connectivity index (χ3n) is 4.15. The Morgan fingerprint density at radius 3 is 2.83 bits per heavy atom. The van der Waals surface area contributed by atoms with Gasteiger partial charge in [0.2, 0.25) is 11.9 Å². The second-order valence-corrected chi connectivity index (χ2v) is 5.75. The first-order valence-electron chi connectivity index (χ1n) is 7.66. The maximum atomic E-state index is 12.4. The van der Waals surface area contributed by atoms with Gasteiger partial charge in [-0.3, -0.25) is 4.79 Å². The fourth-order valence-electron chi connectivity index (χ4n) is 2.88. The summed E-state index contributed by atoms with van der Waals surface area (Å²) in [5.74, 6) is 0.767. The van der Waals surface area contributed by atoms with Gasteiger partial charge in [-0.25, -0.2) is 9.97 Å². The van der Waals surface area contributed by atoms with E-state index in [-0.39, 0.29) is 11.9 Å². The number of aromatic amines is 1. The number of H-pyrrole nitrogens is 1. The second kappa shape index (κ2) is 5.72. The predicted octanol–water partition coefficient (Wildman–Crippen LogP) is 1.82. The number of aromatic nitrogens is 3. The quantitative estimate of drug-likeness (QED) is 0.771. The van der Waals surface area contributed by atoms with Crippen molar-refractivity contribution in [1.82, 2.24) is 19.9 Å². The number of nitrogens with one attached hydrogen (secondary N) is 2. The van der Waals surface area contributed by atoms with E-state index >= 15 is 0 Å². The van der Waals surface area contributed by atoms with Crippen LogP contribution in [-0.2, 0) is 11.2 Å². The van der Waals surface area contributed by atoms with Crippen LogP contribution in [0.2, 0.25) is 0 Å². The van der Waals surface area contributed by atoms with Gasteiger partial charge >= 0.3 is 0 Å². The van der Waals surface area contributed by atoms with Gasteiger partial charge in [-0.15, -0.1) is 0 Å². The normalized spacial score (nSPS) is 14.7. The smallest absolute Gasteiger partial charge is 0.227 e. The van der Waals surface area contributed by atoms with Crippen molar-refractivity contribution in [2.45, 2.75) is 12.5 Å². The summed E-state index contributed by atoms with van der Waals surface area (Å²) in [6, 6.07) is 10.1. The first-order chi connectivity index (χ1) is 11.3. The van der Waals surface area contributed by atoms with Crippen LogP contribution in [-0.4, -0.2) is 44.9 Å². The molecule has 3 heterocycles. The maximum Gasteiger partial charge on any atom is 0.227 e. The van der Waals surface area contributed by atoms with Crippen LogP contribution >= 0.6 is 0 Å². The van der Waals surface area contributed by atoms with Crippen LogP contribution in [0.15, 0.2) is 48.9 Å². The fourth-order valence-corrected chi connectivity index (χ4v) is 2.88. The zero-order chi connectivity index (χ0) is 15.6. The lowest BCUT2D eigenvalue weighted by Crippen LogP contribution is -2.57. The van der Waals surface area contributed by atoms with Gasteiger partial charge in [-0.2, -0.15) is 0 Å². The topological polar surface area (TPSA) is 73.9 Å². The molecule has 23 heavy (non-hydrogen) atoms. The van der Waals surface area contributed by atoms with Crippen molar-refractivity contribution in [3.63, 3.8) is 0 Å².